The largest absolute Gasteiger partial charge is 0.507 e. The number of aromatic hydroxyl groups is 1. The van der Waals surface area contributed by atoms with Gasteiger partial charge in [-0.25, -0.2) is 0 Å². The van der Waals surface area contributed by atoms with E-state index >= 15 is 0 Å². The van der Waals surface area contributed by atoms with E-state index in [-0.39, 0.29) is 56.3 Å². The third-order valence-electron chi connectivity index (χ3n) is 6.32. The number of amides is 1. The zero-order chi connectivity index (χ0) is 28.4. The highest BCUT2D eigenvalue weighted by Crippen LogP contribution is 2.49. The molecular weight excluding hydrogens is 530 g/mol. The number of benzene rings is 3. The highest BCUT2D eigenvalue weighted by atomic mass is 35.5. The maximum atomic E-state index is 13.6. The van der Waals surface area contributed by atoms with E-state index in [1.165, 1.54) is 59.8 Å². The van der Waals surface area contributed by atoms with Crippen LogP contribution in [0.5, 0.6) is 34.5 Å². The van der Waals surface area contributed by atoms with Crippen molar-refractivity contribution in [1.29, 1.82) is 0 Å². The van der Waals surface area contributed by atoms with Crippen LogP contribution in [0.1, 0.15) is 17.2 Å². The molecule has 204 valence electrons. The highest BCUT2D eigenvalue weighted by Gasteiger charge is 2.48. The van der Waals surface area contributed by atoms with Crippen LogP contribution in [0, 0.1) is 0 Å². The number of ketones is 1. The van der Waals surface area contributed by atoms with E-state index in [0.717, 1.165) is 4.90 Å². The van der Waals surface area contributed by atoms with Gasteiger partial charge in [-0.15, -0.1) is 0 Å². The summed E-state index contributed by atoms with van der Waals surface area (Å²) in [5.74, 6) is -1.64. The van der Waals surface area contributed by atoms with Crippen molar-refractivity contribution >= 4 is 34.7 Å². The number of phenols is 1. The van der Waals surface area contributed by atoms with Crippen LogP contribution in [0.4, 0.5) is 5.69 Å². The van der Waals surface area contributed by atoms with Crippen LogP contribution in [0.2, 0.25) is 5.02 Å². The molecule has 1 aliphatic rings. The number of aliphatic hydroxyl groups is 1. The fourth-order valence-corrected chi connectivity index (χ4v) is 4.74. The van der Waals surface area contributed by atoms with Crippen LogP contribution in [-0.4, -0.2) is 57.5 Å². The zero-order valence-electron chi connectivity index (χ0n) is 21.8. The lowest BCUT2D eigenvalue weighted by Crippen LogP contribution is -2.29. The molecule has 1 heterocycles. The van der Waals surface area contributed by atoms with Crippen LogP contribution >= 0.6 is 11.6 Å². The van der Waals surface area contributed by atoms with E-state index in [0.29, 0.717) is 5.56 Å². The smallest absolute Gasteiger partial charge is 0.300 e. The molecule has 0 radical (unpaired) electrons. The van der Waals surface area contributed by atoms with Crippen molar-refractivity contribution in [2.45, 2.75) is 6.04 Å². The highest BCUT2D eigenvalue weighted by molar-refractivity contribution is 6.52. The maximum Gasteiger partial charge on any atom is 0.300 e. The monoisotopic (exact) mass is 555 g/mol. The number of halogens is 1. The molecule has 0 spiro atoms. The summed E-state index contributed by atoms with van der Waals surface area (Å²) in [6, 6.07) is 10.8. The third kappa shape index (κ3) is 4.63. The molecule has 1 amide bonds. The molecule has 39 heavy (non-hydrogen) atoms. The number of aliphatic hydroxyl groups excluding tert-OH is 1. The predicted molar refractivity (Wildman–Crippen MR) is 144 cm³/mol. The molecule has 3 aromatic carbocycles. The topological polar surface area (TPSA) is 124 Å². The number of ether oxygens (including phenoxy) is 5. The van der Waals surface area contributed by atoms with Gasteiger partial charge in [0.15, 0.2) is 11.5 Å². The molecule has 0 aromatic heterocycles. The summed E-state index contributed by atoms with van der Waals surface area (Å²) in [7, 11) is 7.04. The van der Waals surface area contributed by atoms with E-state index in [2.05, 4.69) is 0 Å². The summed E-state index contributed by atoms with van der Waals surface area (Å²) in [6.45, 7) is 0. The molecule has 3 aromatic rings. The van der Waals surface area contributed by atoms with Crippen molar-refractivity contribution < 1.29 is 43.5 Å². The van der Waals surface area contributed by atoms with Crippen molar-refractivity contribution in [3.8, 4) is 34.5 Å². The van der Waals surface area contributed by atoms with Gasteiger partial charge in [-0.05, 0) is 35.9 Å². The van der Waals surface area contributed by atoms with E-state index in [4.69, 9.17) is 35.3 Å². The fraction of sp³-hybridized carbons (Fsp3) is 0.214. The quantitative estimate of drug-likeness (QED) is 0.231. The summed E-state index contributed by atoms with van der Waals surface area (Å²) < 4.78 is 27.1. The first kappa shape index (κ1) is 27.5. The van der Waals surface area contributed by atoms with Gasteiger partial charge in [-0.1, -0.05) is 23.7 Å². The number of rotatable bonds is 8. The molecule has 0 saturated carbocycles. The Morgan fingerprint density at radius 3 is 1.95 bits per heavy atom. The molecule has 0 aliphatic carbocycles. The standard InChI is InChI=1S/C28H26ClNO9/c1-35-19-13-16(29)20(36-2)12-15(19)25(32)23-24(14-10-21(37-3)27(39-5)22(11-14)38-4)30(28(34)26(23)33)17-8-6-7-9-18(17)31/h6-13,24,31-32H,1-5H3/b25-23+. The Balaban J connectivity index is 2.09. The summed E-state index contributed by atoms with van der Waals surface area (Å²) in [5, 5.41) is 22.5. The number of Topliss-reactive ketones (excluding diaryl/α,β-unsaturated/α-hetero) is 1. The Kier molecular flexibility index (Phi) is 7.78. The minimum atomic E-state index is -1.22. The average Bonchev–Trinajstić information content (AvgIpc) is 3.21. The first-order valence-electron chi connectivity index (χ1n) is 11.5. The molecule has 2 N–H and O–H groups in total. The third-order valence-corrected chi connectivity index (χ3v) is 6.61. The number of phenolic OH excluding ortho intramolecular Hbond substituents is 1. The van der Waals surface area contributed by atoms with Crippen molar-refractivity contribution in [3.05, 3.63) is 70.3 Å². The van der Waals surface area contributed by atoms with Crippen molar-refractivity contribution in [3.63, 3.8) is 0 Å². The molecule has 1 atom stereocenters. The zero-order valence-corrected chi connectivity index (χ0v) is 22.5. The average molecular weight is 556 g/mol. The number of carbonyl (C=O) groups is 2. The number of para-hydroxylation sites is 2. The van der Waals surface area contributed by atoms with Gasteiger partial charge < -0.3 is 33.9 Å². The second-order valence-corrected chi connectivity index (χ2v) is 8.71. The van der Waals surface area contributed by atoms with Crippen LogP contribution in [-0.2, 0) is 9.59 Å². The molecule has 4 rings (SSSR count). The lowest BCUT2D eigenvalue weighted by atomic mass is 9.94. The van der Waals surface area contributed by atoms with Crippen molar-refractivity contribution in [1.82, 2.24) is 0 Å². The minimum absolute atomic E-state index is 0.0538. The Hall–Kier alpha value is -4.57. The summed E-state index contributed by atoms with van der Waals surface area (Å²) >= 11 is 6.24. The number of nitrogens with zero attached hydrogens (tertiary/aromatic N) is 1. The van der Waals surface area contributed by atoms with Crippen molar-refractivity contribution in [2.24, 2.45) is 0 Å². The predicted octanol–water partition coefficient (Wildman–Crippen LogP) is 4.71. The molecule has 0 bridgehead atoms. The maximum absolute atomic E-state index is 13.6. The van der Waals surface area contributed by atoms with Gasteiger partial charge >= 0.3 is 0 Å². The van der Waals surface area contributed by atoms with Gasteiger partial charge in [0.25, 0.3) is 11.7 Å². The number of methoxy groups -OCH3 is 5. The lowest BCUT2D eigenvalue weighted by Gasteiger charge is -2.27. The molecule has 11 heteroatoms. The number of carbonyl (C=O) groups excluding carboxylic acids is 2. The second kappa shape index (κ2) is 11.0. The van der Waals surface area contributed by atoms with E-state index in [1.54, 1.807) is 24.3 Å². The molecule has 1 saturated heterocycles. The van der Waals surface area contributed by atoms with Crippen LogP contribution in [0.25, 0.3) is 5.76 Å². The summed E-state index contributed by atoms with van der Waals surface area (Å²) in [4.78, 5) is 28.2. The van der Waals surface area contributed by atoms with Gasteiger partial charge in [0, 0.05) is 6.07 Å². The molecule has 1 fully saturated rings. The first-order valence-corrected chi connectivity index (χ1v) is 11.9. The van der Waals surface area contributed by atoms with Gasteiger partial charge in [0.05, 0.1) is 63.4 Å². The van der Waals surface area contributed by atoms with Gasteiger partial charge in [0.1, 0.15) is 23.0 Å². The molecule has 10 nitrogen and oxygen atoms in total. The Morgan fingerprint density at radius 2 is 1.41 bits per heavy atom. The minimum Gasteiger partial charge on any atom is -0.507 e. The number of anilines is 1. The molecular formula is C28H26ClNO9. The van der Waals surface area contributed by atoms with Gasteiger partial charge in [-0.2, -0.15) is 0 Å². The van der Waals surface area contributed by atoms with E-state index in [1.807, 2.05) is 0 Å². The number of hydrogen-bond donors (Lipinski definition) is 2. The van der Waals surface area contributed by atoms with Crippen molar-refractivity contribution in [2.75, 3.05) is 40.4 Å². The summed E-state index contributed by atoms with van der Waals surface area (Å²) in [6.07, 6.45) is 0. The number of hydrogen-bond acceptors (Lipinski definition) is 9. The Morgan fingerprint density at radius 1 is 0.821 bits per heavy atom. The molecule has 1 aliphatic heterocycles. The normalized spacial score (nSPS) is 16.3. The second-order valence-electron chi connectivity index (χ2n) is 8.30. The first-order chi connectivity index (χ1) is 18.7. The SMILES string of the molecule is COc1cc(/C(O)=C2\C(=O)C(=O)N(c3ccccc3O)C2c2cc(OC)c(OC)c(OC)c2)c(OC)cc1Cl. The van der Waals surface area contributed by atoms with Crippen LogP contribution in [0.3, 0.4) is 0 Å². The Labute approximate surface area is 229 Å². The van der Waals surface area contributed by atoms with E-state index < -0.39 is 23.5 Å². The lowest BCUT2D eigenvalue weighted by molar-refractivity contribution is -0.132. The van der Waals surface area contributed by atoms with Gasteiger partial charge in [0.2, 0.25) is 5.75 Å². The fourth-order valence-electron chi connectivity index (χ4n) is 4.51. The van der Waals surface area contributed by atoms with Gasteiger partial charge in [-0.3, -0.25) is 14.5 Å². The molecule has 1 unspecified atom stereocenters. The van der Waals surface area contributed by atoms with Crippen LogP contribution in [0.15, 0.2) is 54.1 Å². The van der Waals surface area contributed by atoms with Crippen LogP contribution < -0.4 is 28.6 Å². The summed E-state index contributed by atoms with van der Waals surface area (Å²) in [5.41, 5.74) is 0.165. The Bertz CT molecular complexity index is 1460. The van der Waals surface area contributed by atoms with E-state index in [9.17, 15) is 19.8 Å².